The Balaban J connectivity index is 1.58. The minimum absolute atomic E-state index is 0.0447. The van der Waals surface area contributed by atoms with E-state index >= 15 is 0 Å². The fourth-order valence-corrected chi connectivity index (χ4v) is 6.19. The quantitative estimate of drug-likeness (QED) is 0.0987. The van der Waals surface area contributed by atoms with Crippen LogP contribution in [-0.2, 0) is 48.4 Å². The van der Waals surface area contributed by atoms with Crippen molar-refractivity contribution >= 4 is 17.9 Å². The van der Waals surface area contributed by atoms with Gasteiger partial charge in [-0.3, -0.25) is 14.4 Å². The van der Waals surface area contributed by atoms with Crippen LogP contribution >= 0.6 is 0 Å². The van der Waals surface area contributed by atoms with Crippen LogP contribution in [0.25, 0.3) is 0 Å². The zero-order valence-corrected chi connectivity index (χ0v) is 28.0. The molecule has 0 radical (unpaired) electrons. The summed E-state index contributed by atoms with van der Waals surface area (Å²) < 4.78 is 37.2. The molecule has 49 heavy (non-hydrogen) atoms. The van der Waals surface area contributed by atoms with Gasteiger partial charge in [0, 0.05) is 20.0 Å². The minimum atomic E-state index is -1.25. The molecule has 0 unspecified atom stereocenters. The van der Waals surface area contributed by atoms with Crippen LogP contribution in [-0.4, -0.2) is 62.3 Å². The number of carbonyl (C=O) groups excluding carboxylic acids is 3. The van der Waals surface area contributed by atoms with Crippen molar-refractivity contribution < 1.29 is 42.8 Å². The van der Waals surface area contributed by atoms with Gasteiger partial charge in [-0.2, -0.15) is 0 Å². The van der Waals surface area contributed by atoms with E-state index in [9.17, 15) is 14.4 Å². The van der Waals surface area contributed by atoms with E-state index in [0.717, 1.165) is 16.7 Å². The first-order valence-electron chi connectivity index (χ1n) is 16.7. The van der Waals surface area contributed by atoms with Crippen molar-refractivity contribution in [3.8, 4) is 0 Å². The summed E-state index contributed by atoms with van der Waals surface area (Å²) >= 11 is 0. The Morgan fingerprint density at radius 2 is 1.47 bits per heavy atom. The summed E-state index contributed by atoms with van der Waals surface area (Å²) in [5.41, 5.74) is 1.46. The molecule has 0 N–H and O–H groups in total. The van der Waals surface area contributed by atoms with Crippen LogP contribution in [0.15, 0.2) is 116 Å². The second-order valence-corrected chi connectivity index (χ2v) is 12.2. The summed E-state index contributed by atoms with van der Waals surface area (Å²) in [6, 6.07) is 29.5. The van der Waals surface area contributed by atoms with Gasteiger partial charge in [-0.25, -0.2) is 0 Å². The van der Waals surface area contributed by atoms with Gasteiger partial charge in [-0.05, 0) is 36.0 Å². The smallest absolute Gasteiger partial charge is 0.309 e. The number of allylic oxidation sites excluding steroid dienone is 3. The number of rotatable bonds is 11. The lowest BCUT2D eigenvalue weighted by atomic mass is 9.80. The van der Waals surface area contributed by atoms with E-state index in [-0.39, 0.29) is 19.4 Å². The first-order chi connectivity index (χ1) is 23.9. The number of ether oxygens (including phenoxy) is 6. The van der Waals surface area contributed by atoms with Crippen LogP contribution in [0.5, 0.6) is 0 Å². The number of fused-ring (bicyclic) bond motifs is 1. The molecule has 0 amide bonds. The van der Waals surface area contributed by atoms with E-state index in [1.807, 2.05) is 103 Å². The standard InChI is InChI=1S/C40H44O9/c1-4-5-25-33(41)48-37-36-35(47-34(42)26-17-6-10-18-28(2)38(43)49-36)32(46-39(37)44-3)27-45-40(29-19-11-7-12-20-29,30-21-13-8-14-22-30)31-23-15-9-16-24-31/h4,6-16,19-24,28,32,35-37,39H,1,5,17-18,25-27H2,2-3H3/b10-6+/t28-,32+,35+,36-,37+,39-/m0/s1. The molecule has 0 aliphatic carbocycles. The maximum atomic E-state index is 13.5. The van der Waals surface area contributed by atoms with E-state index in [1.165, 1.54) is 7.11 Å². The maximum absolute atomic E-state index is 13.5. The number of benzene rings is 3. The summed E-state index contributed by atoms with van der Waals surface area (Å²) in [6.45, 7) is 5.30. The predicted molar refractivity (Wildman–Crippen MR) is 182 cm³/mol. The van der Waals surface area contributed by atoms with Crippen LogP contribution in [0.3, 0.4) is 0 Å². The van der Waals surface area contributed by atoms with Crippen LogP contribution in [0.1, 0.15) is 55.7 Å². The van der Waals surface area contributed by atoms with Gasteiger partial charge in [0.05, 0.1) is 12.5 Å². The summed E-state index contributed by atoms with van der Waals surface area (Å²) in [7, 11) is 1.41. The van der Waals surface area contributed by atoms with Crippen molar-refractivity contribution in [2.24, 2.45) is 5.92 Å². The van der Waals surface area contributed by atoms with Crippen molar-refractivity contribution in [2.45, 2.75) is 75.3 Å². The SMILES string of the molecule is C=CCCC(=O)O[C@H]1[C@@H](OC)O[C@H](COC(c2ccccc2)(c2ccccc2)c2ccccc2)[C@H]2OC(=O)CC/C=C/C[C@H](C)C(=O)O[C@H]12. The Morgan fingerprint density at radius 3 is 2.02 bits per heavy atom. The van der Waals surface area contributed by atoms with Crippen molar-refractivity contribution in [1.82, 2.24) is 0 Å². The third-order valence-electron chi connectivity index (χ3n) is 8.74. The topological polar surface area (TPSA) is 107 Å². The summed E-state index contributed by atoms with van der Waals surface area (Å²) in [4.78, 5) is 39.7. The van der Waals surface area contributed by atoms with E-state index < -0.39 is 60.1 Å². The molecule has 9 nitrogen and oxygen atoms in total. The number of esters is 3. The van der Waals surface area contributed by atoms with Gasteiger partial charge in [0.1, 0.15) is 11.7 Å². The van der Waals surface area contributed by atoms with Crippen LogP contribution in [0.2, 0.25) is 0 Å². The monoisotopic (exact) mass is 668 g/mol. The second-order valence-electron chi connectivity index (χ2n) is 12.2. The lowest BCUT2D eigenvalue weighted by molar-refractivity contribution is -0.307. The zero-order chi connectivity index (χ0) is 34.6. The zero-order valence-electron chi connectivity index (χ0n) is 28.0. The van der Waals surface area contributed by atoms with Crippen molar-refractivity contribution in [1.29, 1.82) is 0 Å². The number of hydrogen-bond donors (Lipinski definition) is 0. The first-order valence-corrected chi connectivity index (χ1v) is 16.7. The van der Waals surface area contributed by atoms with E-state index in [0.29, 0.717) is 19.3 Å². The Bertz CT molecular complexity index is 1460. The molecule has 0 bridgehead atoms. The Morgan fingerprint density at radius 1 is 0.878 bits per heavy atom. The molecule has 2 heterocycles. The molecule has 0 saturated carbocycles. The largest absolute Gasteiger partial charge is 0.455 e. The number of hydrogen-bond acceptors (Lipinski definition) is 9. The lowest BCUT2D eigenvalue weighted by Crippen LogP contribution is -2.63. The molecule has 2 aliphatic rings. The second kappa shape index (κ2) is 17.2. The molecule has 3 aromatic rings. The molecule has 0 aromatic heterocycles. The Kier molecular flexibility index (Phi) is 12.5. The average Bonchev–Trinajstić information content (AvgIpc) is 3.13. The third kappa shape index (κ3) is 8.54. The van der Waals surface area contributed by atoms with Gasteiger partial charge >= 0.3 is 17.9 Å². The van der Waals surface area contributed by atoms with Crippen LogP contribution in [0, 0.1) is 5.92 Å². The molecule has 2 aliphatic heterocycles. The Labute approximate surface area is 287 Å². The molecule has 3 aromatic carbocycles. The van der Waals surface area contributed by atoms with Crippen LogP contribution < -0.4 is 0 Å². The minimum Gasteiger partial charge on any atom is -0.455 e. The van der Waals surface area contributed by atoms with Crippen molar-refractivity contribution in [3.05, 3.63) is 132 Å². The Hall–Kier alpha value is -4.57. The van der Waals surface area contributed by atoms with Gasteiger partial charge in [0.15, 0.2) is 24.6 Å². The summed E-state index contributed by atoms with van der Waals surface area (Å²) in [5.74, 6) is -2.13. The van der Waals surface area contributed by atoms with Crippen molar-refractivity contribution in [2.75, 3.05) is 13.7 Å². The van der Waals surface area contributed by atoms with Gasteiger partial charge < -0.3 is 28.4 Å². The van der Waals surface area contributed by atoms with Crippen LogP contribution in [0.4, 0.5) is 0 Å². The lowest BCUT2D eigenvalue weighted by Gasteiger charge is -2.45. The predicted octanol–water partition coefficient (Wildman–Crippen LogP) is 6.44. The highest BCUT2D eigenvalue weighted by atomic mass is 16.7. The van der Waals surface area contributed by atoms with Gasteiger partial charge in [0.2, 0.25) is 0 Å². The summed E-state index contributed by atoms with van der Waals surface area (Å²) in [6.07, 6.45) is 0.821. The van der Waals surface area contributed by atoms with E-state index in [4.69, 9.17) is 28.4 Å². The highest BCUT2D eigenvalue weighted by molar-refractivity contribution is 5.73. The van der Waals surface area contributed by atoms with Gasteiger partial charge in [0.25, 0.3) is 0 Å². The molecular formula is C40H44O9. The average molecular weight is 669 g/mol. The molecular weight excluding hydrogens is 624 g/mol. The molecule has 6 atom stereocenters. The van der Waals surface area contributed by atoms with E-state index in [2.05, 4.69) is 6.58 Å². The molecule has 9 heteroatoms. The third-order valence-corrected chi connectivity index (χ3v) is 8.74. The molecule has 5 rings (SSSR count). The number of methoxy groups -OCH3 is 1. The van der Waals surface area contributed by atoms with Gasteiger partial charge in [-0.15, -0.1) is 6.58 Å². The first kappa shape index (κ1) is 35.7. The summed E-state index contributed by atoms with van der Waals surface area (Å²) in [5, 5.41) is 0. The highest BCUT2D eigenvalue weighted by Crippen LogP contribution is 2.41. The molecule has 1 fully saturated rings. The fraction of sp³-hybridized carbons (Fsp3) is 0.375. The highest BCUT2D eigenvalue weighted by Gasteiger charge is 2.54. The number of carbonyl (C=O) groups is 3. The molecule has 0 spiro atoms. The van der Waals surface area contributed by atoms with Gasteiger partial charge in [-0.1, -0.05) is 116 Å². The fourth-order valence-electron chi connectivity index (χ4n) is 6.19. The van der Waals surface area contributed by atoms with Crippen molar-refractivity contribution in [3.63, 3.8) is 0 Å². The maximum Gasteiger partial charge on any atom is 0.309 e. The molecule has 258 valence electrons. The van der Waals surface area contributed by atoms with E-state index in [1.54, 1.807) is 13.0 Å². The normalized spacial score (nSPS) is 25.3. The molecule has 1 saturated heterocycles.